The second kappa shape index (κ2) is 6.25. The van der Waals surface area contributed by atoms with E-state index in [0.29, 0.717) is 5.75 Å². The van der Waals surface area contributed by atoms with Crippen LogP contribution in [0.3, 0.4) is 0 Å². The Morgan fingerprint density at radius 1 is 1.00 bits per heavy atom. The first kappa shape index (κ1) is 17.4. The van der Waals surface area contributed by atoms with Gasteiger partial charge in [0.15, 0.2) is 6.10 Å². The average molecular weight is 389 g/mol. The number of hydrogen-bond donors (Lipinski definition) is 1. The Morgan fingerprint density at radius 3 is 2.38 bits per heavy atom. The van der Waals surface area contributed by atoms with Crippen LogP contribution in [0.5, 0.6) is 5.75 Å². The minimum Gasteiger partial charge on any atom is -0.481 e. The van der Waals surface area contributed by atoms with Gasteiger partial charge in [-0.2, -0.15) is 0 Å². The molecule has 1 atom stereocenters. The van der Waals surface area contributed by atoms with Crippen molar-refractivity contribution < 1.29 is 13.9 Å². The highest BCUT2D eigenvalue weighted by atomic mass is 16.5. The fraction of sp³-hybridized carbons (Fsp3) is 0.480. The van der Waals surface area contributed by atoms with Crippen molar-refractivity contribution >= 4 is 27.8 Å². The predicted molar refractivity (Wildman–Crippen MR) is 113 cm³/mol. The molecule has 4 bridgehead atoms. The highest BCUT2D eigenvalue weighted by molar-refractivity contribution is 6.05. The molecule has 1 aromatic heterocycles. The Labute approximate surface area is 170 Å². The van der Waals surface area contributed by atoms with E-state index in [9.17, 15) is 4.79 Å². The molecule has 3 aromatic rings. The second-order valence-corrected chi connectivity index (χ2v) is 9.70. The van der Waals surface area contributed by atoms with E-state index in [1.807, 2.05) is 49.4 Å². The molecule has 150 valence electrons. The van der Waals surface area contributed by atoms with Crippen LogP contribution in [0.25, 0.3) is 21.9 Å². The molecule has 0 unspecified atom stereocenters. The number of ether oxygens (including phenoxy) is 1. The lowest BCUT2D eigenvalue weighted by molar-refractivity contribution is -0.133. The topological polar surface area (TPSA) is 51.5 Å². The van der Waals surface area contributed by atoms with Gasteiger partial charge in [0.25, 0.3) is 5.91 Å². The number of para-hydroxylation sites is 1. The Hall–Kier alpha value is -2.49. The highest BCUT2D eigenvalue weighted by Gasteiger charge is 2.51. The molecule has 1 amide bonds. The maximum absolute atomic E-state index is 13.0. The Kier molecular flexibility index (Phi) is 3.75. The maximum atomic E-state index is 13.0. The van der Waals surface area contributed by atoms with Gasteiger partial charge in [0.1, 0.15) is 16.9 Å². The number of benzene rings is 2. The van der Waals surface area contributed by atoms with Gasteiger partial charge in [-0.05, 0) is 87.5 Å². The summed E-state index contributed by atoms with van der Waals surface area (Å²) < 4.78 is 11.9. The second-order valence-electron chi connectivity index (χ2n) is 9.70. The van der Waals surface area contributed by atoms with E-state index >= 15 is 0 Å². The summed E-state index contributed by atoms with van der Waals surface area (Å²) in [5.74, 6) is 3.17. The zero-order valence-electron chi connectivity index (χ0n) is 16.8. The zero-order valence-corrected chi connectivity index (χ0v) is 16.8. The minimum absolute atomic E-state index is 0.0177. The van der Waals surface area contributed by atoms with Crippen molar-refractivity contribution in [1.29, 1.82) is 0 Å². The zero-order chi connectivity index (χ0) is 19.6. The summed E-state index contributed by atoms with van der Waals surface area (Å²) in [6, 6.07) is 13.8. The summed E-state index contributed by atoms with van der Waals surface area (Å²) in [5, 5.41) is 5.51. The minimum atomic E-state index is -0.515. The van der Waals surface area contributed by atoms with Crippen LogP contribution in [0.1, 0.15) is 45.4 Å². The van der Waals surface area contributed by atoms with Gasteiger partial charge in [-0.1, -0.05) is 18.2 Å². The summed E-state index contributed by atoms with van der Waals surface area (Å²) in [4.78, 5) is 13.0. The predicted octanol–water partition coefficient (Wildman–Crippen LogP) is 5.44. The molecule has 4 fully saturated rings. The summed E-state index contributed by atoms with van der Waals surface area (Å²) in [5.41, 5.74) is 1.73. The van der Waals surface area contributed by atoms with Gasteiger partial charge < -0.3 is 14.5 Å². The number of rotatable bonds is 4. The molecule has 4 heteroatoms. The van der Waals surface area contributed by atoms with E-state index in [4.69, 9.17) is 9.15 Å². The molecule has 4 aliphatic rings. The maximum Gasteiger partial charge on any atom is 0.261 e. The van der Waals surface area contributed by atoms with E-state index in [-0.39, 0.29) is 11.4 Å². The van der Waals surface area contributed by atoms with Crippen molar-refractivity contribution in [3.8, 4) is 5.75 Å². The van der Waals surface area contributed by atoms with Crippen LogP contribution in [0.15, 0.2) is 46.9 Å². The van der Waals surface area contributed by atoms with Crippen LogP contribution in [0.4, 0.5) is 0 Å². The summed E-state index contributed by atoms with van der Waals surface area (Å²) >= 11 is 0. The average Bonchev–Trinajstić information content (AvgIpc) is 3.04. The van der Waals surface area contributed by atoms with E-state index in [1.54, 1.807) is 0 Å². The van der Waals surface area contributed by atoms with Gasteiger partial charge in [0, 0.05) is 16.3 Å². The van der Waals surface area contributed by atoms with Crippen molar-refractivity contribution in [3.63, 3.8) is 0 Å². The van der Waals surface area contributed by atoms with Crippen LogP contribution in [-0.4, -0.2) is 17.6 Å². The first-order chi connectivity index (χ1) is 14.1. The Morgan fingerprint density at radius 2 is 1.66 bits per heavy atom. The van der Waals surface area contributed by atoms with E-state index in [2.05, 4.69) is 5.32 Å². The molecule has 0 radical (unpaired) electrons. The van der Waals surface area contributed by atoms with Crippen molar-refractivity contribution in [2.24, 2.45) is 17.8 Å². The van der Waals surface area contributed by atoms with Gasteiger partial charge in [-0.25, -0.2) is 0 Å². The Bertz CT molecular complexity index is 1060. The van der Waals surface area contributed by atoms with Gasteiger partial charge in [-0.3, -0.25) is 4.79 Å². The van der Waals surface area contributed by atoms with E-state index < -0.39 is 6.10 Å². The number of amides is 1. The number of furan rings is 1. The molecule has 4 aliphatic carbocycles. The summed E-state index contributed by atoms with van der Waals surface area (Å²) in [6.45, 7) is 1.85. The molecule has 2 aromatic carbocycles. The standard InChI is InChI=1S/C25H27NO3/c1-15(24(27)26-25-12-16-8-17(13-25)10-18(9-16)14-25)28-19-6-7-23-21(11-19)20-4-2-3-5-22(20)29-23/h2-7,11,15-18H,8-10,12-14H2,1H3,(H,26,27)/t15-,16?,17?,18?,25?/m0/s1. The molecule has 7 rings (SSSR count). The molecule has 0 spiro atoms. The van der Waals surface area contributed by atoms with Crippen LogP contribution in [-0.2, 0) is 4.79 Å². The largest absolute Gasteiger partial charge is 0.481 e. The van der Waals surface area contributed by atoms with Crippen molar-refractivity contribution in [2.75, 3.05) is 0 Å². The number of hydrogen-bond acceptors (Lipinski definition) is 3. The molecular weight excluding hydrogens is 362 g/mol. The first-order valence-corrected chi connectivity index (χ1v) is 11.0. The molecule has 29 heavy (non-hydrogen) atoms. The smallest absolute Gasteiger partial charge is 0.261 e. The van der Waals surface area contributed by atoms with Crippen LogP contribution in [0.2, 0.25) is 0 Å². The Balaban J connectivity index is 1.20. The van der Waals surface area contributed by atoms with Gasteiger partial charge in [0.2, 0.25) is 0 Å². The first-order valence-electron chi connectivity index (χ1n) is 11.0. The van der Waals surface area contributed by atoms with Crippen LogP contribution < -0.4 is 10.1 Å². The third-order valence-electron chi connectivity index (χ3n) is 7.46. The fourth-order valence-electron chi connectivity index (χ4n) is 6.66. The molecule has 0 saturated heterocycles. The molecular formula is C25H27NO3. The number of carbonyl (C=O) groups excluding carboxylic acids is 1. The summed E-state index contributed by atoms with van der Waals surface area (Å²) in [6.07, 6.45) is 7.08. The molecule has 1 N–H and O–H groups in total. The van der Waals surface area contributed by atoms with Crippen molar-refractivity contribution in [1.82, 2.24) is 5.32 Å². The lowest BCUT2D eigenvalue weighted by atomic mass is 9.53. The number of carbonyl (C=O) groups is 1. The van der Waals surface area contributed by atoms with Crippen LogP contribution >= 0.6 is 0 Å². The molecule has 0 aliphatic heterocycles. The van der Waals surface area contributed by atoms with Crippen LogP contribution in [0, 0.1) is 17.8 Å². The number of nitrogens with one attached hydrogen (secondary N) is 1. The normalized spacial score (nSPS) is 31.3. The van der Waals surface area contributed by atoms with Crippen molar-refractivity contribution in [2.45, 2.75) is 57.1 Å². The monoisotopic (exact) mass is 389 g/mol. The van der Waals surface area contributed by atoms with Crippen molar-refractivity contribution in [3.05, 3.63) is 42.5 Å². The molecule has 4 saturated carbocycles. The lowest BCUT2D eigenvalue weighted by Crippen LogP contribution is -2.61. The molecule has 4 nitrogen and oxygen atoms in total. The lowest BCUT2D eigenvalue weighted by Gasteiger charge is -2.57. The number of fused-ring (bicyclic) bond motifs is 3. The SMILES string of the molecule is C[C@H](Oc1ccc2oc3ccccc3c2c1)C(=O)NC12CC3CC(CC(C3)C1)C2. The third kappa shape index (κ3) is 2.92. The van der Waals surface area contributed by atoms with Gasteiger partial charge in [-0.15, -0.1) is 0 Å². The van der Waals surface area contributed by atoms with Gasteiger partial charge >= 0.3 is 0 Å². The molecule has 1 heterocycles. The third-order valence-corrected chi connectivity index (χ3v) is 7.46. The van der Waals surface area contributed by atoms with E-state index in [1.165, 1.54) is 19.3 Å². The quantitative estimate of drug-likeness (QED) is 0.646. The summed E-state index contributed by atoms with van der Waals surface area (Å²) in [7, 11) is 0. The van der Waals surface area contributed by atoms with Gasteiger partial charge in [0.05, 0.1) is 0 Å². The fourth-order valence-corrected chi connectivity index (χ4v) is 6.66. The van der Waals surface area contributed by atoms with E-state index in [0.717, 1.165) is 59.0 Å². The highest BCUT2D eigenvalue weighted by Crippen LogP contribution is 2.55.